The molecule has 0 spiro atoms. The summed E-state index contributed by atoms with van der Waals surface area (Å²) >= 11 is 0. The number of nitrogens with one attached hydrogen (secondary N) is 1. The second kappa shape index (κ2) is 9.33. The van der Waals surface area contributed by atoms with Crippen LogP contribution in [0.4, 0.5) is 0 Å². The van der Waals surface area contributed by atoms with Gasteiger partial charge in [0.25, 0.3) is 0 Å². The Labute approximate surface area is 193 Å². The molecule has 33 heavy (non-hydrogen) atoms. The maximum atomic E-state index is 13.2. The van der Waals surface area contributed by atoms with E-state index < -0.39 is 0 Å². The molecular weight excluding hydrogens is 404 g/mol. The van der Waals surface area contributed by atoms with Crippen molar-refractivity contribution in [2.24, 2.45) is 0 Å². The molecule has 1 N–H and O–H groups in total. The van der Waals surface area contributed by atoms with Gasteiger partial charge in [0.1, 0.15) is 0 Å². The molecule has 158 valence electrons. The summed E-state index contributed by atoms with van der Waals surface area (Å²) in [6, 6.07) is 44.1. The Morgan fingerprint density at radius 3 is 1.33 bits per heavy atom. The molecule has 1 heterocycles. The number of nitrogens with zero attached hydrogens (tertiary/aromatic N) is 1. The molecule has 1 aromatic heterocycles. The molecule has 0 unspecified atom stereocenters. The van der Waals surface area contributed by atoms with Crippen LogP contribution in [0.1, 0.15) is 10.4 Å². The molecule has 0 atom stereocenters. The largest absolute Gasteiger partial charge is 0.305 e. The molecule has 0 fully saturated rings. The van der Waals surface area contributed by atoms with Crippen molar-refractivity contribution in [3.8, 4) is 33.6 Å². The van der Waals surface area contributed by atoms with Gasteiger partial charge in [0.2, 0.25) is 11.4 Å². The fraction of sp³-hybridized carbons (Fsp3) is 0. The first kappa shape index (κ1) is 20.4. The van der Waals surface area contributed by atoms with Gasteiger partial charge in [-0.2, -0.15) is 0 Å². The van der Waals surface area contributed by atoms with Gasteiger partial charge in [0.05, 0.1) is 0 Å². The van der Waals surface area contributed by atoms with Crippen molar-refractivity contribution >= 4 is 5.91 Å². The molecule has 0 aliphatic heterocycles. The second-order valence-corrected chi connectivity index (χ2v) is 7.75. The van der Waals surface area contributed by atoms with Crippen LogP contribution in [-0.4, -0.2) is 5.91 Å². The predicted molar refractivity (Wildman–Crippen MR) is 133 cm³/mol. The van der Waals surface area contributed by atoms with Gasteiger partial charge >= 0.3 is 5.91 Å². The highest BCUT2D eigenvalue weighted by Gasteiger charge is 2.25. The number of aromatic nitrogens is 1. The molecular formula is C30H23N2O+. The Bertz CT molecular complexity index is 1310. The van der Waals surface area contributed by atoms with E-state index in [1.165, 1.54) is 0 Å². The van der Waals surface area contributed by atoms with Gasteiger partial charge in [-0.3, -0.25) is 4.79 Å². The minimum Gasteiger partial charge on any atom is -0.264 e. The van der Waals surface area contributed by atoms with E-state index in [0.717, 1.165) is 33.6 Å². The van der Waals surface area contributed by atoms with Gasteiger partial charge in [-0.05, 0) is 47.5 Å². The highest BCUT2D eigenvalue weighted by Crippen LogP contribution is 2.28. The highest BCUT2D eigenvalue weighted by molar-refractivity contribution is 5.99. The van der Waals surface area contributed by atoms with Crippen molar-refractivity contribution < 1.29 is 9.47 Å². The number of pyridine rings is 1. The average Bonchev–Trinajstić information content (AvgIpc) is 2.90. The van der Waals surface area contributed by atoms with E-state index in [1.54, 1.807) is 0 Å². The van der Waals surface area contributed by atoms with Gasteiger partial charge in [-0.1, -0.05) is 89.6 Å². The molecule has 1 amide bonds. The molecule has 5 aromatic rings. The molecule has 4 aromatic carbocycles. The average molecular weight is 428 g/mol. The Morgan fingerprint density at radius 1 is 0.485 bits per heavy atom. The summed E-state index contributed by atoms with van der Waals surface area (Å²) in [4.78, 5) is 13.2. The summed E-state index contributed by atoms with van der Waals surface area (Å²) in [6.45, 7) is 0. The number of carbonyl (C=O) groups excluding carboxylic acids is 1. The van der Waals surface area contributed by atoms with Crippen LogP contribution in [0.15, 0.2) is 133 Å². The van der Waals surface area contributed by atoms with Crippen LogP contribution < -0.4 is 10.1 Å². The van der Waals surface area contributed by atoms with Crippen LogP contribution >= 0.6 is 0 Å². The number of hydrogen-bond acceptors (Lipinski definition) is 1. The van der Waals surface area contributed by atoms with Crippen LogP contribution in [0.2, 0.25) is 0 Å². The zero-order valence-electron chi connectivity index (χ0n) is 18.1. The van der Waals surface area contributed by atoms with Crippen LogP contribution in [0.25, 0.3) is 33.6 Å². The zero-order chi connectivity index (χ0) is 22.5. The fourth-order valence-corrected chi connectivity index (χ4v) is 3.91. The summed E-state index contributed by atoms with van der Waals surface area (Å²) in [5.74, 6) is -0.164. The lowest BCUT2D eigenvalue weighted by Gasteiger charge is -2.12. The minimum absolute atomic E-state index is 0.164. The second-order valence-electron chi connectivity index (χ2n) is 7.75. The summed E-state index contributed by atoms with van der Waals surface area (Å²) < 4.78 is 1.90. The van der Waals surface area contributed by atoms with Gasteiger partial charge in [0, 0.05) is 28.8 Å². The molecule has 3 nitrogen and oxygen atoms in total. The van der Waals surface area contributed by atoms with E-state index in [-0.39, 0.29) is 5.91 Å². The predicted octanol–water partition coefficient (Wildman–Crippen LogP) is 6.36. The first-order valence-corrected chi connectivity index (χ1v) is 10.9. The third-order valence-corrected chi connectivity index (χ3v) is 5.56. The van der Waals surface area contributed by atoms with Crippen LogP contribution in [0.3, 0.4) is 0 Å². The van der Waals surface area contributed by atoms with Crippen molar-refractivity contribution in [2.45, 2.75) is 0 Å². The normalized spacial score (nSPS) is 10.5. The molecule has 0 saturated carbocycles. The summed E-state index contributed by atoms with van der Waals surface area (Å²) in [5, 5.41) is 0. The molecule has 0 aliphatic carbocycles. The quantitative estimate of drug-likeness (QED) is 0.325. The van der Waals surface area contributed by atoms with E-state index in [0.29, 0.717) is 5.56 Å². The van der Waals surface area contributed by atoms with Gasteiger partial charge in [-0.15, -0.1) is 5.43 Å². The molecule has 5 rings (SSSR count). The van der Waals surface area contributed by atoms with Gasteiger partial charge in [-0.25, -0.2) is 0 Å². The number of carbonyl (C=O) groups is 1. The molecule has 0 radical (unpaired) electrons. The SMILES string of the molecule is O=C(N[n+]1c(-c2ccccc2)cc(-c2ccccc2)cc1-c1ccccc1)c1ccccc1. The summed E-state index contributed by atoms with van der Waals surface area (Å²) in [5.41, 5.74) is 9.79. The van der Waals surface area contributed by atoms with Crippen molar-refractivity contribution in [3.63, 3.8) is 0 Å². The summed E-state index contributed by atoms with van der Waals surface area (Å²) in [6.07, 6.45) is 0. The number of benzene rings is 4. The van der Waals surface area contributed by atoms with Crippen molar-refractivity contribution in [3.05, 3.63) is 139 Å². The summed E-state index contributed by atoms with van der Waals surface area (Å²) in [7, 11) is 0. The molecule has 0 bridgehead atoms. The Hall–Kier alpha value is -4.50. The van der Waals surface area contributed by atoms with E-state index in [4.69, 9.17) is 0 Å². The Kier molecular flexibility index (Phi) is 5.77. The Morgan fingerprint density at radius 2 is 0.879 bits per heavy atom. The van der Waals surface area contributed by atoms with Crippen molar-refractivity contribution in [2.75, 3.05) is 5.43 Å². The van der Waals surface area contributed by atoms with Crippen LogP contribution in [0, 0.1) is 0 Å². The van der Waals surface area contributed by atoms with E-state index in [1.807, 2.05) is 89.6 Å². The fourth-order valence-electron chi connectivity index (χ4n) is 3.91. The lowest BCUT2D eigenvalue weighted by atomic mass is 9.99. The molecule has 0 saturated heterocycles. The van der Waals surface area contributed by atoms with Crippen LogP contribution in [0.5, 0.6) is 0 Å². The highest BCUT2D eigenvalue weighted by atomic mass is 16.2. The van der Waals surface area contributed by atoms with E-state index >= 15 is 0 Å². The molecule has 3 heteroatoms. The lowest BCUT2D eigenvalue weighted by Crippen LogP contribution is -2.51. The number of rotatable bonds is 5. The maximum Gasteiger partial charge on any atom is 0.305 e. The van der Waals surface area contributed by atoms with E-state index in [9.17, 15) is 4.79 Å². The topological polar surface area (TPSA) is 33.0 Å². The van der Waals surface area contributed by atoms with Crippen molar-refractivity contribution in [1.29, 1.82) is 0 Å². The van der Waals surface area contributed by atoms with E-state index in [2.05, 4.69) is 54.0 Å². The zero-order valence-corrected chi connectivity index (χ0v) is 18.1. The minimum atomic E-state index is -0.164. The first-order valence-electron chi connectivity index (χ1n) is 10.9. The van der Waals surface area contributed by atoms with Gasteiger partial charge in [0.15, 0.2) is 0 Å². The lowest BCUT2D eigenvalue weighted by molar-refractivity contribution is -0.618. The smallest absolute Gasteiger partial charge is 0.264 e. The Balaban J connectivity index is 1.75. The third-order valence-electron chi connectivity index (χ3n) is 5.56. The van der Waals surface area contributed by atoms with Crippen LogP contribution in [-0.2, 0) is 0 Å². The van der Waals surface area contributed by atoms with Crippen molar-refractivity contribution in [1.82, 2.24) is 0 Å². The number of amides is 1. The number of hydrogen-bond donors (Lipinski definition) is 1. The molecule has 0 aliphatic rings. The standard InChI is InChI=1S/C30H22N2O/c33-30(26-19-11-4-12-20-26)31-32-28(24-15-7-2-8-16-24)21-27(23-13-5-1-6-14-23)22-29(32)25-17-9-3-10-18-25/h1-22H/p+1. The van der Waals surface area contributed by atoms with Gasteiger partial charge < -0.3 is 0 Å². The third kappa shape index (κ3) is 4.43. The maximum absolute atomic E-state index is 13.2. The monoisotopic (exact) mass is 427 g/mol. The first-order chi connectivity index (χ1) is 16.3.